The van der Waals surface area contributed by atoms with E-state index < -0.39 is 0 Å². The summed E-state index contributed by atoms with van der Waals surface area (Å²) in [7, 11) is 1.81. The predicted molar refractivity (Wildman–Crippen MR) is 85.4 cm³/mol. The summed E-state index contributed by atoms with van der Waals surface area (Å²) in [5.41, 5.74) is 2.95. The number of hydrogen-bond donors (Lipinski definition) is 1. The van der Waals surface area contributed by atoms with Crippen molar-refractivity contribution >= 4 is 38.3 Å². The van der Waals surface area contributed by atoms with E-state index in [4.69, 9.17) is 0 Å². The molecule has 2 aromatic heterocycles. The van der Waals surface area contributed by atoms with Gasteiger partial charge in [0.05, 0.1) is 16.9 Å². The van der Waals surface area contributed by atoms with Gasteiger partial charge in [0.25, 0.3) is 0 Å². The fourth-order valence-electron chi connectivity index (χ4n) is 2.30. The summed E-state index contributed by atoms with van der Waals surface area (Å²) in [5, 5.41) is 17.8. The van der Waals surface area contributed by atoms with Crippen molar-refractivity contribution in [3.8, 4) is 6.07 Å². The van der Waals surface area contributed by atoms with Gasteiger partial charge in [0.2, 0.25) is 0 Å². The Bertz CT molecular complexity index is 876. The van der Waals surface area contributed by atoms with Crippen molar-refractivity contribution in [3.63, 3.8) is 0 Å². The van der Waals surface area contributed by atoms with E-state index in [1.165, 1.54) is 0 Å². The zero-order valence-electron chi connectivity index (χ0n) is 11.6. The highest BCUT2D eigenvalue weighted by molar-refractivity contribution is 9.10. The molecule has 0 radical (unpaired) electrons. The van der Waals surface area contributed by atoms with E-state index in [-0.39, 0.29) is 0 Å². The Morgan fingerprint density at radius 2 is 2.19 bits per heavy atom. The number of aromatic nitrogens is 3. The molecule has 0 saturated heterocycles. The fraction of sp³-hybridized carbons (Fsp3) is 0.133. The summed E-state index contributed by atoms with van der Waals surface area (Å²) in [4.78, 5) is 4.45. The van der Waals surface area contributed by atoms with Gasteiger partial charge in [-0.15, -0.1) is 0 Å². The average Bonchev–Trinajstić information content (AvgIpc) is 2.72. The molecule has 1 N–H and O–H groups in total. The number of anilines is 2. The first-order chi connectivity index (χ1) is 10.1. The second-order valence-electron chi connectivity index (χ2n) is 4.70. The number of pyridine rings is 1. The molecule has 0 saturated carbocycles. The van der Waals surface area contributed by atoms with Crippen LogP contribution < -0.4 is 5.32 Å². The number of fused-ring (bicyclic) bond motifs is 1. The van der Waals surface area contributed by atoms with Gasteiger partial charge in [-0.1, -0.05) is 12.1 Å². The highest BCUT2D eigenvalue weighted by Gasteiger charge is 2.14. The van der Waals surface area contributed by atoms with E-state index in [1.807, 2.05) is 38.2 Å². The summed E-state index contributed by atoms with van der Waals surface area (Å²) >= 11 is 3.42. The molecule has 0 aliphatic carbocycles. The van der Waals surface area contributed by atoms with Crippen LogP contribution in [0.1, 0.15) is 11.3 Å². The highest BCUT2D eigenvalue weighted by Crippen LogP contribution is 2.28. The predicted octanol–water partition coefficient (Wildman–Crippen LogP) is 3.65. The van der Waals surface area contributed by atoms with Gasteiger partial charge in [-0.2, -0.15) is 10.4 Å². The molecule has 3 rings (SSSR count). The monoisotopic (exact) mass is 341 g/mol. The molecule has 0 atom stereocenters. The normalized spacial score (nSPS) is 10.6. The molecule has 21 heavy (non-hydrogen) atoms. The molecule has 0 fully saturated rings. The van der Waals surface area contributed by atoms with Gasteiger partial charge in [0.1, 0.15) is 17.5 Å². The lowest BCUT2D eigenvalue weighted by molar-refractivity contribution is 0.765. The largest absolute Gasteiger partial charge is 0.338 e. The Hall–Kier alpha value is -2.39. The van der Waals surface area contributed by atoms with Crippen molar-refractivity contribution in [3.05, 3.63) is 46.2 Å². The van der Waals surface area contributed by atoms with E-state index >= 15 is 0 Å². The van der Waals surface area contributed by atoms with Gasteiger partial charge in [0.15, 0.2) is 0 Å². The first kappa shape index (κ1) is 13.6. The molecular formula is C15H12BrN5. The molecule has 3 aromatic rings. The minimum atomic E-state index is 0.548. The van der Waals surface area contributed by atoms with Crippen LogP contribution in [-0.2, 0) is 7.05 Å². The summed E-state index contributed by atoms with van der Waals surface area (Å²) < 4.78 is 2.60. The SMILES string of the molecule is Cc1nn(C)c(Nc2cccc3cc(Br)cnc23)c1C#N. The van der Waals surface area contributed by atoms with Crippen LogP contribution in [0.3, 0.4) is 0 Å². The van der Waals surface area contributed by atoms with Crippen molar-refractivity contribution in [2.75, 3.05) is 5.32 Å². The third-order valence-corrected chi connectivity index (χ3v) is 3.70. The number of halogens is 1. The zero-order valence-corrected chi connectivity index (χ0v) is 13.1. The van der Waals surface area contributed by atoms with Gasteiger partial charge in [-0.05, 0) is 35.0 Å². The number of nitrogens with zero attached hydrogens (tertiary/aromatic N) is 4. The van der Waals surface area contributed by atoms with Gasteiger partial charge >= 0.3 is 0 Å². The van der Waals surface area contributed by atoms with Crippen molar-refractivity contribution < 1.29 is 0 Å². The van der Waals surface area contributed by atoms with E-state index in [0.717, 1.165) is 21.1 Å². The number of aryl methyl sites for hydroxylation is 2. The van der Waals surface area contributed by atoms with Crippen molar-refractivity contribution in [2.24, 2.45) is 7.05 Å². The molecular weight excluding hydrogens is 330 g/mol. The average molecular weight is 342 g/mol. The second kappa shape index (κ2) is 5.19. The van der Waals surface area contributed by atoms with E-state index in [0.29, 0.717) is 17.1 Å². The number of hydrogen-bond acceptors (Lipinski definition) is 4. The third kappa shape index (κ3) is 2.36. The number of nitriles is 1. The topological polar surface area (TPSA) is 66.5 Å². The summed E-state index contributed by atoms with van der Waals surface area (Å²) in [5.74, 6) is 0.673. The fourth-order valence-corrected chi connectivity index (χ4v) is 2.65. The molecule has 0 bridgehead atoms. The maximum atomic E-state index is 9.28. The van der Waals surface area contributed by atoms with Crippen molar-refractivity contribution in [1.82, 2.24) is 14.8 Å². The molecule has 0 unspecified atom stereocenters. The molecule has 0 aliphatic rings. The van der Waals surface area contributed by atoms with Crippen LogP contribution in [0.5, 0.6) is 0 Å². The molecule has 5 nitrogen and oxygen atoms in total. The van der Waals surface area contributed by atoms with Crippen LogP contribution in [0.2, 0.25) is 0 Å². The second-order valence-corrected chi connectivity index (χ2v) is 5.62. The number of nitrogens with one attached hydrogen (secondary N) is 1. The molecule has 1 aromatic carbocycles. The first-order valence-electron chi connectivity index (χ1n) is 6.35. The van der Waals surface area contributed by atoms with E-state index in [2.05, 4.69) is 37.4 Å². The van der Waals surface area contributed by atoms with Crippen LogP contribution in [0, 0.1) is 18.3 Å². The van der Waals surface area contributed by atoms with Crippen LogP contribution >= 0.6 is 15.9 Å². The van der Waals surface area contributed by atoms with Crippen molar-refractivity contribution in [2.45, 2.75) is 6.92 Å². The Labute approximate surface area is 130 Å². The van der Waals surface area contributed by atoms with Crippen LogP contribution in [-0.4, -0.2) is 14.8 Å². The minimum absolute atomic E-state index is 0.548. The van der Waals surface area contributed by atoms with Crippen LogP contribution in [0.25, 0.3) is 10.9 Å². The van der Waals surface area contributed by atoms with E-state index in [1.54, 1.807) is 10.9 Å². The Morgan fingerprint density at radius 3 is 2.95 bits per heavy atom. The minimum Gasteiger partial charge on any atom is -0.338 e. The Balaban J connectivity index is 2.13. The molecule has 2 heterocycles. The molecule has 6 heteroatoms. The zero-order chi connectivity index (χ0) is 15.0. The smallest absolute Gasteiger partial charge is 0.146 e. The van der Waals surface area contributed by atoms with Gasteiger partial charge in [-0.25, -0.2) is 0 Å². The van der Waals surface area contributed by atoms with Crippen molar-refractivity contribution in [1.29, 1.82) is 5.26 Å². The summed E-state index contributed by atoms with van der Waals surface area (Å²) in [6, 6.07) is 10.1. The number of rotatable bonds is 2. The Morgan fingerprint density at radius 1 is 1.38 bits per heavy atom. The first-order valence-corrected chi connectivity index (χ1v) is 7.14. The van der Waals surface area contributed by atoms with Gasteiger partial charge in [-0.3, -0.25) is 9.67 Å². The molecule has 0 amide bonds. The summed E-state index contributed by atoms with van der Waals surface area (Å²) in [6.45, 7) is 1.82. The molecule has 104 valence electrons. The lowest BCUT2D eigenvalue weighted by Gasteiger charge is -2.10. The van der Waals surface area contributed by atoms with Gasteiger partial charge in [0, 0.05) is 23.1 Å². The molecule has 0 spiro atoms. The van der Waals surface area contributed by atoms with Crippen LogP contribution in [0.4, 0.5) is 11.5 Å². The maximum Gasteiger partial charge on any atom is 0.146 e. The lowest BCUT2D eigenvalue weighted by Crippen LogP contribution is -2.01. The number of para-hydroxylation sites is 1. The molecule has 0 aliphatic heterocycles. The Kier molecular flexibility index (Phi) is 3.35. The third-order valence-electron chi connectivity index (χ3n) is 3.26. The summed E-state index contributed by atoms with van der Waals surface area (Å²) in [6.07, 6.45) is 1.76. The standard InChI is InChI=1S/C15H12BrN5/c1-9-12(7-17)15(21(2)20-9)19-13-5-3-4-10-6-11(16)8-18-14(10)13/h3-6,8,19H,1-2H3. The van der Waals surface area contributed by atoms with Crippen LogP contribution in [0.15, 0.2) is 34.9 Å². The maximum absolute atomic E-state index is 9.28. The van der Waals surface area contributed by atoms with Gasteiger partial charge < -0.3 is 5.32 Å². The quantitative estimate of drug-likeness (QED) is 0.772. The highest BCUT2D eigenvalue weighted by atomic mass is 79.9. The number of benzene rings is 1. The van der Waals surface area contributed by atoms with E-state index in [9.17, 15) is 5.26 Å². The lowest BCUT2D eigenvalue weighted by atomic mass is 10.2.